The van der Waals surface area contributed by atoms with E-state index in [1.165, 1.54) is 0 Å². The number of anilines is 1. The summed E-state index contributed by atoms with van der Waals surface area (Å²) < 4.78 is 0. The molecule has 1 aromatic carbocycles. The minimum absolute atomic E-state index is 0.455. The first-order chi connectivity index (χ1) is 5.25. The number of carbonyl (C=O) groups is 1. The molecule has 0 aliphatic rings. The third kappa shape index (κ3) is 1.58. The lowest BCUT2D eigenvalue weighted by molar-refractivity contribution is -0.107. The Morgan fingerprint density at radius 3 is 2.91 bits per heavy atom. The topological polar surface area (TPSA) is 43.1 Å². The summed E-state index contributed by atoms with van der Waals surface area (Å²) in [5, 5.41) is 0. The molecule has 0 aromatic heterocycles. The van der Waals surface area contributed by atoms with Crippen LogP contribution in [0.1, 0.15) is 11.1 Å². The Kier molecular flexibility index (Phi) is 2.26. The molecule has 58 valence electrons. The first-order valence-electron chi connectivity index (χ1n) is 3.53. The molecule has 2 heteroatoms. The van der Waals surface area contributed by atoms with Crippen molar-refractivity contribution in [1.29, 1.82) is 0 Å². The fourth-order valence-corrected chi connectivity index (χ4v) is 1.01. The maximum absolute atomic E-state index is 10.2. The van der Waals surface area contributed by atoms with Crippen molar-refractivity contribution >= 4 is 12.0 Å². The Morgan fingerprint density at radius 2 is 2.27 bits per heavy atom. The first-order valence-corrected chi connectivity index (χ1v) is 3.53. The van der Waals surface area contributed by atoms with E-state index in [1.54, 1.807) is 0 Å². The molecule has 0 aliphatic carbocycles. The van der Waals surface area contributed by atoms with Crippen LogP contribution < -0.4 is 5.73 Å². The zero-order valence-electron chi connectivity index (χ0n) is 6.50. The van der Waals surface area contributed by atoms with Crippen LogP contribution in [-0.4, -0.2) is 6.29 Å². The molecule has 0 amide bonds. The smallest absolute Gasteiger partial charge is 0.124 e. The van der Waals surface area contributed by atoms with E-state index in [0.717, 1.165) is 23.1 Å². The van der Waals surface area contributed by atoms with Gasteiger partial charge in [0.05, 0.1) is 0 Å². The van der Waals surface area contributed by atoms with Crippen molar-refractivity contribution in [2.45, 2.75) is 13.3 Å². The molecule has 11 heavy (non-hydrogen) atoms. The van der Waals surface area contributed by atoms with Gasteiger partial charge in [0.2, 0.25) is 0 Å². The van der Waals surface area contributed by atoms with Gasteiger partial charge in [0.15, 0.2) is 0 Å². The van der Waals surface area contributed by atoms with E-state index in [9.17, 15) is 4.79 Å². The molecule has 1 rings (SSSR count). The minimum atomic E-state index is 0.455. The van der Waals surface area contributed by atoms with Crippen LogP contribution in [0.2, 0.25) is 0 Å². The van der Waals surface area contributed by atoms with Gasteiger partial charge >= 0.3 is 0 Å². The first kappa shape index (κ1) is 7.79. The largest absolute Gasteiger partial charge is 0.399 e. The molecule has 0 spiro atoms. The van der Waals surface area contributed by atoms with E-state index < -0.39 is 0 Å². The van der Waals surface area contributed by atoms with Crippen LogP contribution in [0.25, 0.3) is 0 Å². The second-order valence-corrected chi connectivity index (χ2v) is 2.50. The van der Waals surface area contributed by atoms with Gasteiger partial charge in [-0.2, -0.15) is 0 Å². The molecule has 0 aliphatic heterocycles. The predicted molar refractivity (Wildman–Crippen MR) is 45.4 cm³/mol. The van der Waals surface area contributed by atoms with Gasteiger partial charge in [-0.3, -0.25) is 0 Å². The van der Waals surface area contributed by atoms with Gasteiger partial charge < -0.3 is 10.5 Å². The van der Waals surface area contributed by atoms with Gasteiger partial charge in [0.1, 0.15) is 6.29 Å². The Balaban J connectivity index is 3.05. The Morgan fingerprint density at radius 1 is 1.55 bits per heavy atom. The zero-order valence-corrected chi connectivity index (χ0v) is 6.50. The molecule has 0 unspecified atom stereocenters. The number of benzene rings is 1. The van der Waals surface area contributed by atoms with Gasteiger partial charge in [-0.1, -0.05) is 12.1 Å². The average Bonchev–Trinajstić information content (AvgIpc) is 1.99. The van der Waals surface area contributed by atoms with E-state index in [0.29, 0.717) is 6.42 Å². The van der Waals surface area contributed by atoms with Crippen LogP contribution in [-0.2, 0) is 11.2 Å². The molecule has 0 heterocycles. The molecule has 0 saturated carbocycles. The lowest BCUT2D eigenvalue weighted by atomic mass is 10.1. The van der Waals surface area contributed by atoms with Crippen LogP contribution in [0, 0.1) is 6.92 Å². The second kappa shape index (κ2) is 3.19. The average molecular weight is 149 g/mol. The van der Waals surface area contributed by atoms with Crippen molar-refractivity contribution in [2.24, 2.45) is 0 Å². The Hall–Kier alpha value is -1.31. The van der Waals surface area contributed by atoms with Crippen molar-refractivity contribution in [1.82, 2.24) is 0 Å². The molecule has 1 aromatic rings. The van der Waals surface area contributed by atoms with Crippen molar-refractivity contribution in [3.63, 3.8) is 0 Å². The summed E-state index contributed by atoms with van der Waals surface area (Å²) in [7, 11) is 0. The molecule has 2 N–H and O–H groups in total. The fraction of sp³-hybridized carbons (Fsp3) is 0.222. The highest BCUT2D eigenvalue weighted by Gasteiger charge is 1.98. The van der Waals surface area contributed by atoms with Crippen molar-refractivity contribution < 1.29 is 4.79 Å². The van der Waals surface area contributed by atoms with Crippen molar-refractivity contribution in [2.75, 3.05) is 5.73 Å². The molecule has 0 bridgehead atoms. The molecule has 0 radical (unpaired) electrons. The van der Waals surface area contributed by atoms with E-state index in [-0.39, 0.29) is 0 Å². The summed E-state index contributed by atoms with van der Waals surface area (Å²) in [6.07, 6.45) is 1.35. The van der Waals surface area contributed by atoms with Crippen molar-refractivity contribution in [3.8, 4) is 0 Å². The minimum Gasteiger partial charge on any atom is -0.399 e. The van der Waals surface area contributed by atoms with Gasteiger partial charge in [-0.05, 0) is 24.1 Å². The zero-order chi connectivity index (χ0) is 8.27. The van der Waals surface area contributed by atoms with E-state index in [1.807, 2.05) is 25.1 Å². The number of carbonyl (C=O) groups excluding carboxylic acids is 1. The maximum atomic E-state index is 10.2. The van der Waals surface area contributed by atoms with Crippen LogP contribution in [0.15, 0.2) is 18.2 Å². The maximum Gasteiger partial charge on any atom is 0.124 e. The lowest BCUT2D eigenvalue weighted by Gasteiger charge is -2.03. The third-order valence-electron chi connectivity index (χ3n) is 1.79. The van der Waals surface area contributed by atoms with Crippen LogP contribution in [0.3, 0.4) is 0 Å². The number of nitrogens with two attached hydrogens (primary N) is 1. The second-order valence-electron chi connectivity index (χ2n) is 2.50. The van der Waals surface area contributed by atoms with Crippen LogP contribution in [0.4, 0.5) is 5.69 Å². The SMILES string of the molecule is Cc1c(N)cccc1CC=O. The fourth-order valence-electron chi connectivity index (χ4n) is 1.01. The monoisotopic (exact) mass is 149 g/mol. The van der Waals surface area contributed by atoms with Gasteiger partial charge in [0.25, 0.3) is 0 Å². The van der Waals surface area contributed by atoms with Gasteiger partial charge in [-0.25, -0.2) is 0 Å². The number of aldehydes is 1. The summed E-state index contributed by atoms with van der Waals surface area (Å²) in [4.78, 5) is 10.2. The summed E-state index contributed by atoms with van der Waals surface area (Å²) in [6.45, 7) is 1.92. The molecule has 0 fully saturated rings. The number of hydrogen-bond donors (Lipinski definition) is 1. The molecule has 0 atom stereocenters. The van der Waals surface area contributed by atoms with Gasteiger partial charge in [0, 0.05) is 12.1 Å². The Bertz CT molecular complexity index is 268. The van der Waals surface area contributed by atoms with E-state index in [4.69, 9.17) is 5.73 Å². The summed E-state index contributed by atoms with van der Waals surface area (Å²) >= 11 is 0. The normalized spacial score (nSPS) is 9.55. The third-order valence-corrected chi connectivity index (χ3v) is 1.79. The standard InChI is InChI=1S/C9H11NO/c1-7-8(5-6-11)3-2-4-9(7)10/h2-4,6H,5,10H2,1H3. The molecular weight excluding hydrogens is 138 g/mol. The molecular formula is C9H11NO. The van der Waals surface area contributed by atoms with Crippen LogP contribution in [0.5, 0.6) is 0 Å². The lowest BCUT2D eigenvalue weighted by Crippen LogP contribution is -1.95. The van der Waals surface area contributed by atoms with E-state index >= 15 is 0 Å². The quantitative estimate of drug-likeness (QED) is 0.509. The predicted octanol–water partition coefficient (Wildman–Crippen LogP) is 1.32. The van der Waals surface area contributed by atoms with Gasteiger partial charge in [-0.15, -0.1) is 0 Å². The van der Waals surface area contributed by atoms with Crippen LogP contribution >= 0.6 is 0 Å². The Labute approximate surface area is 66.0 Å². The highest BCUT2D eigenvalue weighted by atomic mass is 16.1. The summed E-state index contributed by atoms with van der Waals surface area (Å²) in [6, 6.07) is 5.62. The van der Waals surface area contributed by atoms with E-state index in [2.05, 4.69) is 0 Å². The number of hydrogen-bond acceptors (Lipinski definition) is 2. The summed E-state index contributed by atoms with van der Waals surface area (Å²) in [5.41, 5.74) is 8.42. The summed E-state index contributed by atoms with van der Waals surface area (Å²) in [5.74, 6) is 0. The number of nitrogen functional groups attached to an aromatic ring is 1. The molecule has 0 saturated heterocycles. The van der Waals surface area contributed by atoms with Crippen molar-refractivity contribution in [3.05, 3.63) is 29.3 Å². The highest BCUT2D eigenvalue weighted by Crippen LogP contribution is 2.14. The number of rotatable bonds is 2. The molecule has 2 nitrogen and oxygen atoms in total. The highest BCUT2D eigenvalue weighted by molar-refractivity contribution is 5.60.